The zero-order valence-corrected chi connectivity index (χ0v) is 16.6. The van der Waals surface area contributed by atoms with Crippen LogP contribution < -0.4 is 4.90 Å². The Kier molecular flexibility index (Phi) is 5.46. The van der Waals surface area contributed by atoms with Crippen molar-refractivity contribution in [1.82, 2.24) is 14.9 Å². The number of aryl methyl sites for hydroxylation is 1. The molecule has 3 heterocycles. The maximum atomic E-state index is 12.2. The predicted octanol–water partition coefficient (Wildman–Crippen LogP) is 3.97. The standard InChI is InChI=1S/C22H32N4O/c1-3-20(27)26-14-8-12-19(26)21-23-16(2)18-11-7-13-25(22(18)24-21)15-17-9-5-4-6-10-17/h3,17,19H,1,4-15H2,2H3. The molecule has 0 spiro atoms. The van der Waals surface area contributed by atoms with Crippen LogP contribution >= 0.6 is 0 Å². The number of rotatable bonds is 4. The number of hydrogen-bond acceptors (Lipinski definition) is 4. The van der Waals surface area contributed by atoms with Crippen molar-refractivity contribution in [2.75, 3.05) is 24.5 Å². The lowest BCUT2D eigenvalue weighted by Crippen LogP contribution is -2.37. The van der Waals surface area contributed by atoms with E-state index >= 15 is 0 Å². The van der Waals surface area contributed by atoms with E-state index in [-0.39, 0.29) is 11.9 Å². The van der Waals surface area contributed by atoms with Gasteiger partial charge in [-0.3, -0.25) is 4.79 Å². The number of carbonyl (C=O) groups excluding carboxylic acids is 1. The van der Waals surface area contributed by atoms with Gasteiger partial charge in [0.05, 0.1) is 6.04 Å². The number of amides is 1. The van der Waals surface area contributed by atoms with Gasteiger partial charge in [0.2, 0.25) is 5.91 Å². The first kappa shape index (κ1) is 18.5. The SMILES string of the molecule is C=CC(=O)N1CCCC1c1nc(C)c2c(n1)N(CC1CCCCC1)CCC2. The van der Waals surface area contributed by atoms with E-state index < -0.39 is 0 Å². The minimum absolute atomic E-state index is 0.00189. The van der Waals surface area contributed by atoms with E-state index in [1.807, 2.05) is 4.90 Å². The van der Waals surface area contributed by atoms with Crippen molar-refractivity contribution in [3.05, 3.63) is 29.7 Å². The fourth-order valence-electron chi connectivity index (χ4n) is 5.13. The number of fused-ring (bicyclic) bond motifs is 1. The lowest BCUT2D eigenvalue weighted by atomic mass is 9.88. The Bertz CT molecular complexity index is 711. The highest BCUT2D eigenvalue weighted by Gasteiger charge is 2.33. The molecule has 5 heteroatoms. The largest absolute Gasteiger partial charge is 0.356 e. The molecule has 4 rings (SSSR count). The maximum absolute atomic E-state index is 12.2. The van der Waals surface area contributed by atoms with E-state index in [0.717, 1.165) is 62.2 Å². The summed E-state index contributed by atoms with van der Waals surface area (Å²) in [7, 11) is 0. The highest BCUT2D eigenvalue weighted by Crippen LogP contribution is 2.35. The van der Waals surface area contributed by atoms with Crippen LogP contribution in [0.25, 0.3) is 0 Å². The van der Waals surface area contributed by atoms with Crippen LogP contribution in [-0.4, -0.2) is 40.4 Å². The Morgan fingerprint density at radius 2 is 1.93 bits per heavy atom. The van der Waals surface area contributed by atoms with E-state index in [1.54, 1.807) is 0 Å². The third-order valence-electron chi connectivity index (χ3n) is 6.58. The van der Waals surface area contributed by atoms with Crippen LogP contribution in [0.3, 0.4) is 0 Å². The van der Waals surface area contributed by atoms with E-state index in [0.29, 0.717) is 0 Å². The van der Waals surface area contributed by atoms with E-state index in [9.17, 15) is 4.79 Å². The molecule has 1 amide bonds. The molecule has 3 aliphatic rings. The van der Waals surface area contributed by atoms with Crippen LogP contribution in [0.4, 0.5) is 5.82 Å². The first-order chi connectivity index (χ1) is 13.2. The van der Waals surface area contributed by atoms with E-state index in [1.165, 1.54) is 50.2 Å². The molecule has 1 saturated carbocycles. The molecule has 1 aromatic rings. The molecular weight excluding hydrogens is 336 g/mol. The molecule has 1 unspecified atom stereocenters. The van der Waals surface area contributed by atoms with Gasteiger partial charge >= 0.3 is 0 Å². The summed E-state index contributed by atoms with van der Waals surface area (Å²) in [6.45, 7) is 8.77. The lowest BCUT2D eigenvalue weighted by Gasteiger charge is -2.35. The van der Waals surface area contributed by atoms with Crippen LogP contribution in [0.2, 0.25) is 0 Å². The van der Waals surface area contributed by atoms with Crippen molar-refractivity contribution in [1.29, 1.82) is 0 Å². The van der Waals surface area contributed by atoms with Gasteiger partial charge in [-0.2, -0.15) is 0 Å². The number of nitrogens with zero attached hydrogens (tertiary/aromatic N) is 4. The molecule has 1 atom stereocenters. The lowest BCUT2D eigenvalue weighted by molar-refractivity contribution is -0.127. The highest BCUT2D eigenvalue weighted by molar-refractivity contribution is 5.87. The van der Waals surface area contributed by atoms with Crippen molar-refractivity contribution in [2.24, 2.45) is 5.92 Å². The van der Waals surface area contributed by atoms with E-state index in [2.05, 4.69) is 18.4 Å². The van der Waals surface area contributed by atoms with Gasteiger partial charge in [-0.25, -0.2) is 9.97 Å². The average Bonchev–Trinajstić information content (AvgIpc) is 3.18. The zero-order valence-electron chi connectivity index (χ0n) is 16.6. The fourth-order valence-corrected chi connectivity index (χ4v) is 5.13. The second kappa shape index (κ2) is 7.99. The second-order valence-corrected chi connectivity index (χ2v) is 8.42. The van der Waals surface area contributed by atoms with E-state index in [4.69, 9.17) is 9.97 Å². The number of hydrogen-bond donors (Lipinski definition) is 0. The van der Waals surface area contributed by atoms with Gasteiger partial charge < -0.3 is 9.80 Å². The summed E-state index contributed by atoms with van der Waals surface area (Å²) in [5.74, 6) is 2.77. The molecule has 1 saturated heterocycles. The summed E-state index contributed by atoms with van der Waals surface area (Å²) in [5, 5.41) is 0. The second-order valence-electron chi connectivity index (χ2n) is 8.42. The number of aromatic nitrogens is 2. The Hall–Kier alpha value is -1.91. The van der Waals surface area contributed by atoms with Crippen LogP contribution in [-0.2, 0) is 11.2 Å². The molecule has 2 aliphatic heterocycles. The molecule has 0 N–H and O–H groups in total. The molecule has 27 heavy (non-hydrogen) atoms. The summed E-state index contributed by atoms with van der Waals surface area (Å²) in [5.41, 5.74) is 2.42. The number of likely N-dealkylation sites (tertiary alicyclic amines) is 1. The first-order valence-electron chi connectivity index (χ1n) is 10.7. The molecule has 0 bridgehead atoms. The summed E-state index contributed by atoms with van der Waals surface area (Å²) >= 11 is 0. The predicted molar refractivity (Wildman–Crippen MR) is 108 cm³/mol. The van der Waals surface area contributed by atoms with Gasteiger partial charge in [-0.05, 0) is 57.4 Å². The number of carbonyl (C=O) groups is 1. The maximum Gasteiger partial charge on any atom is 0.246 e. The van der Waals surface area contributed by atoms with Crippen LogP contribution in [0.15, 0.2) is 12.7 Å². The molecule has 1 aromatic heterocycles. The van der Waals surface area contributed by atoms with Gasteiger partial charge in [0, 0.05) is 30.9 Å². The van der Waals surface area contributed by atoms with Gasteiger partial charge in [-0.15, -0.1) is 0 Å². The molecule has 1 aliphatic carbocycles. The zero-order chi connectivity index (χ0) is 18.8. The molecule has 146 valence electrons. The summed E-state index contributed by atoms with van der Waals surface area (Å²) in [6, 6.07) is -0.00189. The topological polar surface area (TPSA) is 49.3 Å². The molecule has 0 radical (unpaired) electrons. The van der Waals surface area contributed by atoms with Gasteiger partial charge in [0.1, 0.15) is 5.82 Å². The molecular formula is C22H32N4O. The average molecular weight is 369 g/mol. The summed E-state index contributed by atoms with van der Waals surface area (Å²) in [6.07, 6.45) is 12.5. The van der Waals surface area contributed by atoms with Crippen LogP contribution in [0, 0.1) is 12.8 Å². The fraction of sp³-hybridized carbons (Fsp3) is 0.682. The Balaban J connectivity index is 1.62. The van der Waals surface area contributed by atoms with Crippen molar-refractivity contribution >= 4 is 11.7 Å². The van der Waals surface area contributed by atoms with Crippen molar-refractivity contribution < 1.29 is 4.79 Å². The summed E-state index contributed by atoms with van der Waals surface area (Å²) < 4.78 is 0. The quantitative estimate of drug-likeness (QED) is 0.755. The molecule has 2 fully saturated rings. The Labute approximate surface area is 162 Å². The molecule has 5 nitrogen and oxygen atoms in total. The van der Waals surface area contributed by atoms with Gasteiger partial charge in [0.25, 0.3) is 0 Å². The van der Waals surface area contributed by atoms with Crippen molar-refractivity contribution in [2.45, 2.75) is 70.8 Å². The van der Waals surface area contributed by atoms with Crippen LogP contribution in [0.1, 0.15) is 74.5 Å². The number of anilines is 1. The van der Waals surface area contributed by atoms with Crippen molar-refractivity contribution in [3.63, 3.8) is 0 Å². The van der Waals surface area contributed by atoms with Gasteiger partial charge in [0.15, 0.2) is 5.82 Å². The summed E-state index contributed by atoms with van der Waals surface area (Å²) in [4.78, 5) is 26.6. The van der Waals surface area contributed by atoms with Crippen LogP contribution in [0.5, 0.6) is 0 Å². The van der Waals surface area contributed by atoms with Crippen molar-refractivity contribution in [3.8, 4) is 0 Å². The minimum atomic E-state index is -0.00413. The Morgan fingerprint density at radius 3 is 2.70 bits per heavy atom. The first-order valence-corrected chi connectivity index (χ1v) is 10.7. The third-order valence-corrected chi connectivity index (χ3v) is 6.58. The smallest absolute Gasteiger partial charge is 0.246 e. The monoisotopic (exact) mass is 368 g/mol. The molecule has 0 aromatic carbocycles. The normalized spacial score (nSPS) is 23.4. The third kappa shape index (κ3) is 3.74. The highest BCUT2D eigenvalue weighted by atomic mass is 16.2. The Morgan fingerprint density at radius 1 is 1.11 bits per heavy atom. The van der Waals surface area contributed by atoms with Gasteiger partial charge in [-0.1, -0.05) is 25.8 Å². The minimum Gasteiger partial charge on any atom is -0.356 e.